The van der Waals surface area contributed by atoms with Gasteiger partial charge in [-0.2, -0.15) is 0 Å². The molecule has 0 aliphatic carbocycles. The Kier molecular flexibility index (Phi) is 156. The summed E-state index contributed by atoms with van der Waals surface area (Å²) in [5.74, 6) is 0. The fourth-order valence-corrected chi connectivity index (χ4v) is 0. The first-order valence-electron chi connectivity index (χ1n) is 0.169. The fraction of sp³-hybridized carbons (Fsp3) is 0. The molecule has 0 aromatic rings. The van der Waals surface area contributed by atoms with E-state index in [1.807, 2.05) is 0 Å². The molecule has 1 nitrogen and oxygen atoms in total. The van der Waals surface area contributed by atoms with Gasteiger partial charge in [0.15, 0.2) is 0 Å². The van der Waals surface area contributed by atoms with Crippen LogP contribution in [0.4, 0.5) is 0 Å². The Morgan fingerprint density at radius 3 is 1.00 bits per heavy atom. The summed E-state index contributed by atoms with van der Waals surface area (Å²) in [4.78, 5) is 0. The van der Waals surface area contributed by atoms with Gasteiger partial charge in [-0.15, -0.1) is 0 Å². The highest BCUT2D eigenvalue weighted by Crippen LogP contribution is 1.51. The topological polar surface area (TPSA) is 22.3 Å². The Labute approximate surface area is 37.6 Å². The molecule has 2 unspecified atom stereocenters. The van der Waals surface area contributed by atoms with Crippen LogP contribution in [0.2, 0.25) is 0 Å². The summed E-state index contributed by atoms with van der Waals surface area (Å²) >= 11 is 3.64. The van der Waals surface area contributed by atoms with Gasteiger partial charge in [-0.05, 0) is 19.8 Å². The molecule has 0 radical (unpaired) electrons. The van der Waals surface area contributed by atoms with Crippen molar-refractivity contribution in [1.82, 2.24) is 0 Å². The van der Waals surface area contributed by atoms with Crippen LogP contribution < -0.4 is 0 Å². The van der Waals surface area contributed by atoms with Gasteiger partial charge in [0.1, 0.15) is 0 Å². The minimum atomic E-state index is 0. The molecular formula is H8ClNP2. The first-order chi connectivity index (χ1) is 1.00. The van der Waals surface area contributed by atoms with Crippen molar-refractivity contribution in [2.24, 2.45) is 0 Å². The number of halogens is 1. The number of rotatable bonds is 0. The van der Waals surface area contributed by atoms with Crippen LogP contribution in [0.15, 0.2) is 0 Å². The van der Waals surface area contributed by atoms with Crippen LogP contribution in [0.5, 0.6) is 0 Å². The number of hydrogen-bond donors (Lipinski definition) is 0. The Hall–Kier alpha value is 1.11. The van der Waals surface area contributed by atoms with Crippen LogP contribution in [0.3, 0.4) is 0 Å². The lowest BCUT2D eigenvalue weighted by Crippen LogP contribution is -0.531. The molecule has 0 rings (SSSR count). The molecule has 0 aromatic carbocycles. The third-order valence-corrected chi connectivity index (χ3v) is 0. The molecule has 4 heteroatoms. The van der Waals surface area contributed by atoms with Gasteiger partial charge in [0.05, 0.1) is 0 Å². The summed E-state index contributed by atoms with van der Waals surface area (Å²) in [5.41, 5.74) is 0. The first kappa shape index (κ1) is 19.4. The maximum Gasteiger partial charge on any atom is -0.0395 e. The van der Waals surface area contributed by atoms with E-state index >= 15 is 0 Å². The molecular weight excluding hydrogens is 111 g/mol. The molecule has 0 saturated carbocycles. The SMILES string of the molecule is [N-2]Cl.[PH4+].[PH4+]. The van der Waals surface area contributed by atoms with Crippen molar-refractivity contribution < 1.29 is 0 Å². The smallest absolute Gasteiger partial charge is 0.0395 e. The van der Waals surface area contributed by atoms with Crippen molar-refractivity contribution in [1.29, 1.82) is 0 Å². The molecule has 0 aliphatic heterocycles. The summed E-state index contributed by atoms with van der Waals surface area (Å²) in [6, 6.07) is 0. The fourth-order valence-electron chi connectivity index (χ4n) is 0. The van der Waals surface area contributed by atoms with Crippen LogP contribution in [-0.4, -0.2) is 0 Å². The maximum atomic E-state index is 6.47. The minimum Gasteiger partial charge on any atom is -1.47 e. The average Bonchev–Trinajstić information content (AvgIpc) is 1.00. The van der Waals surface area contributed by atoms with E-state index < -0.39 is 0 Å². The summed E-state index contributed by atoms with van der Waals surface area (Å²) < 4.78 is 0. The molecule has 0 fully saturated rings. The van der Waals surface area contributed by atoms with Crippen molar-refractivity contribution in [2.75, 3.05) is 0 Å². The lowest BCUT2D eigenvalue weighted by molar-refractivity contribution is 3.01. The van der Waals surface area contributed by atoms with E-state index in [1.165, 1.54) is 0 Å². The highest BCUT2D eigenvalue weighted by Gasteiger charge is 0.104. The van der Waals surface area contributed by atoms with Gasteiger partial charge in [-0.3, -0.25) is 0 Å². The van der Waals surface area contributed by atoms with Gasteiger partial charge in [0.25, 0.3) is 0 Å². The second kappa shape index (κ2) is 32.3. The van der Waals surface area contributed by atoms with E-state index in [2.05, 4.69) is 11.8 Å². The van der Waals surface area contributed by atoms with Gasteiger partial charge >= 0.3 is 0 Å². The standard InChI is InChI=1S/ClN.2H3P/c1-2;;/h;2*1H3/q-2;;/p+2. The molecule has 0 saturated heterocycles. The molecule has 0 heterocycles. The van der Waals surface area contributed by atoms with Gasteiger partial charge in [0.2, 0.25) is 0 Å². The Balaban J connectivity index is -0.00000000500. The van der Waals surface area contributed by atoms with Gasteiger partial charge in [-0.1, -0.05) is 0 Å². The summed E-state index contributed by atoms with van der Waals surface area (Å²) in [5, 5.41) is 6.47. The van der Waals surface area contributed by atoms with Crippen LogP contribution in [0, 0.1) is 0 Å². The molecule has 0 amide bonds. The second-order valence-electron chi connectivity index (χ2n) is 0. The predicted octanol–water partition coefficient (Wildman–Crippen LogP) is 0.559. The van der Waals surface area contributed by atoms with Crippen LogP contribution >= 0.6 is 31.6 Å². The summed E-state index contributed by atoms with van der Waals surface area (Å²) in [7, 11) is 0. The molecule has 0 bridgehead atoms. The second-order valence-corrected chi connectivity index (χ2v) is 0. The zero-order valence-corrected chi connectivity index (χ0v) is 7.58. The molecule has 4 heavy (non-hydrogen) atoms. The van der Waals surface area contributed by atoms with Crippen molar-refractivity contribution in [2.45, 2.75) is 0 Å². The van der Waals surface area contributed by atoms with Gasteiger partial charge in [-0.25, -0.2) is 0 Å². The quantitative estimate of drug-likeness (QED) is 0.416. The Morgan fingerprint density at radius 2 is 1.00 bits per heavy atom. The van der Waals surface area contributed by atoms with Crippen LogP contribution in [-0.2, 0) is 0 Å². The van der Waals surface area contributed by atoms with E-state index in [1.54, 1.807) is 0 Å². The lowest BCUT2D eigenvalue weighted by atomic mass is 14.0. The van der Waals surface area contributed by atoms with Crippen molar-refractivity contribution in [3.05, 3.63) is 5.25 Å². The molecule has 30 valence electrons. The zero-order chi connectivity index (χ0) is 2.00. The largest absolute Gasteiger partial charge is 1.47 e. The van der Waals surface area contributed by atoms with Crippen LogP contribution in [0.1, 0.15) is 0 Å². The normalized spacial score (nSPS) is 1.50. The van der Waals surface area contributed by atoms with E-state index in [4.69, 9.17) is 5.25 Å². The third kappa shape index (κ3) is 11.2. The average molecular weight is 119 g/mol. The highest BCUT2D eigenvalue weighted by molar-refractivity contribution is 6.92. The maximum absolute atomic E-state index is 6.47. The van der Waals surface area contributed by atoms with Gasteiger partial charge < -0.3 is 17.0 Å². The zero-order valence-electron chi connectivity index (χ0n) is 2.83. The van der Waals surface area contributed by atoms with E-state index in [0.717, 1.165) is 0 Å². The highest BCUT2D eigenvalue weighted by atomic mass is 35.5. The van der Waals surface area contributed by atoms with Crippen molar-refractivity contribution >= 4 is 31.6 Å². The van der Waals surface area contributed by atoms with Crippen molar-refractivity contribution in [3.63, 3.8) is 0 Å². The molecule has 2 atom stereocenters. The number of hydrogen-bond acceptors (Lipinski definition) is 0. The van der Waals surface area contributed by atoms with E-state index in [9.17, 15) is 0 Å². The molecule has 0 aromatic heterocycles. The minimum absolute atomic E-state index is 0. The third-order valence-electron chi connectivity index (χ3n) is 0. The van der Waals surface area contributed by atoms with E-state index in [0.29, 0.717) is 0 Å². The van der Waals surface area contributed by atoms with E-state index in [-0.39, 0.29) is 19.8 Å². The lowest BCUT2D eigenvalue weighted by Gasteiger charge is -2.10. The summed E-state index contributed by atoms with van der Waals surface area (Å²) in [6.45, 7) is 0. The van der Waals surface area contributed by atoms with Crippen molar-refractivity contribution in [3.8, 4) is 0 Å². The molecule has 0 spiro atoms. The Bertz CT molecular complexity index is 6.00. The number of nitrogens with zero attached hydrogens (tertiary/aromatic N) is 1. The molecule has 0 aliphatic rings. The first-order valence-corrected chi connectivity index (χ1v) is 0.507. The monoisotopic (exact) mass is 119 g/mol. The van der Waals surface area contributed by atoms with Crippen LogP contribution in [0.25, 0.3) is 5.25 Å². The molecule has 0 N–H and O–H groups in total. The summed E-state index contributed by atoms with van der Waals surface area (Å²) in [6.07, 6.45) is 0. The Morgan fingerprint density at radius 1 is 1.00 bits per heavy atom. The predicted molar refractivity (Wildman–Crippen MR) is 34.2 cm³/mol. The van der Waals surface area contributed by atoms with Gasteiger partial charge in [0, 0.05) is 0 Å².